The fraction of sp³-hybridized carbons (Fsp3) is 0.545. The SMILES string of the molecule is O=c1cc(C2CC2)n2c(n1)O[C@H](COc1ccc(C3CCCCC3)cc1)C2. The van der Waals surface area contributed by atoms with Gasteiger partial charge in [0.15, 0.2) is 6.10 Å². The van der Waals surface area contributed by atoms with E-state index in [0.717, 1.165) is 24.3 Å². The summed E-state index contributed by atoms with van der Waals surface area (Å²) in [7, 11) is 0. The Bertz CT molecular complexity index is 864. The molecule has 2 aromatic rings. The minimum atomic E-state index is -0.206. The van der Waals surface area contributed by atoms with Gasteiger partial charge in [0.05, 0.1) is 6.54 Å². The van der Waals surface area contributed by atoms with E-state index >= 15 is 0 Å². The zero-order valence-electron chi connectivity index (χ0n) is 15.6. The summed E-state index contributed by atoms with van der Waals surface area (Å²) in [4.78, 5) is 15.8. The normalized spacial score (nSPS) is 22.3. The van der Waals surface area contributed by atoms with Crippen LogP contribution in [0.4, 0.5) is 0 Å². The lowest BCUT2D eigenvalue weighted by Crippen LogP contribution is -2.23. The van der Waals surface area contributed by atoms with Gasteiger partial charge in [0.2, 0.25) is 0 Å². The zero-order chi connectivity index (χ0) is 18.2. The maximum Gasteiger partial charge on any atom is 0.300 e. The molecule has 27 heavy (non-hydrogen) atoms. The fourth-order valence-electron chi connectivity index (χ4n) is 4.43. The van der Waals surface area contributed by atoms with E-state index in [1.807, 2.05) is 0 Å². The second-order valence-electron chi connectivity index (χ2n) is 8.14. The minimum absolute atomic E-state index is 0.102. The van der Waals surface area contributed by atoms with Gasteiger partial charge in [0.1, 0.15) is 12.4 Å². The Morgan fingerprint density at radius 1 is 1.04 bits per heavy atom. The summed E-state index contributed by atoms with van der Waals surface area (Å²) in [5, 5.41) is 0. The first-order valence-electron chi connectivity index (χ1n) is 10.3. The molecule has 2 heterocycles. The lowest BCUT2D eigenvalue weighted by molar-refractivity contribution is 0.143. The van der Waals surface area contributed by atoms with Gasteiger partial charge in [-0.05, 0) is 55.2 Å². The van der Waals surface area contributed by atoms with Crippen LogP contribution in [0.15, 0.2) is 35.1 Å². The third-order valence-electron chi connectivity index (χ3n) is 6.07. The molecule has 2 saturated carbocycles. The number of hydrogen-bond donors (Lipinski definition) is 0. The number of ether oxygens (including phenoxy) is 2. The van der Waals surface area contributed by atoms with Crippen LogP contribution in [0, 0.1) is 0 Å². The molecule has 0 unspecified atom stereocenters. The van der Waals surface area contributed by atoms with Crippen molar-refractivity contribution >= 4 is 0 Å². The highest BCUT2D eigenvalue weighted by Crippen LogP contribution is 2.41. The number of fused-ring (bicyclic) bond motifs is 1. The molecule has 5 nitrogen and oxygen atoms in total. The Labute approximate surface area is 159 Å². The van der Waals surface area contributed by atoms with Gasteiger partial charge in [-0.25, -0.2) is 0 Å². The molecule has 2 aliphatic carbocycles. The van der Waals surface area contributed by atoms with E-state index < -0.39 is 0 Å². The van der Waals surface area contributed by atoms with Crippen LogP contribution < -0.4 is 15.0 Å². The van der Waals surface area contributed by atoms with E-state index in [1.165, 1.54) is 37.7 Å². The van der Waals surface area contributed by atoms with Crippen molar-refractivity contribution in [3.8, 4) is 11.8 Å². The Balaban J connectivity index is 1.21. The third-order valence-corrected chi connectivity index (χ3v) is 6.07. The Hall–Kier alpha value is -2.30. The van der Waals surface area contributed by atoms with Crippen molar-refractivity contribution < 1.29 is 9.47 Å². The van der Waals surface area contributed by atoms with E-state index in [4.69, 9.17) is 9.47 Å². The fourth-order valence-corrected chi connectivity index (χ4v) is 4.43. The number of benzene rings is 1. The smallest absolute Gasteiger partial charge is 0.300 e. The van der Waals surface area contributed by atoms with Crippen LogP contribution in [-0.2, 0) is 6.54 Å². The topological polar surface area (TPSA) is 53.4 Å². The molecule has 1 aliphatic heterocycles. The lowest BCUT2D eigenvalue weighted by atomic mass is 9.84. The predicted molar refractivity (Wildman–Crippen MR) is 103 cm³/mol. The summed E-state index contributed by atoms with van der Waals surface area (Å²) in [5.74, 6) is 2.08. The van der Waals surface area contributed by atoms with Gasteiger partial charge in [-0.3, -0.25) is 9.36 Å². The summed E-state index contributed by atoms with van der Waals surface area (Å²) in [6.45, 7) is 1.17. The van der Waals surface area contributed by atoms with Gasteiger partial charge in [-0.1, -0.05) is 31.4 Å². The van der Waals surface area contributed by atoms with Crippen molar-refractivity contribution in [2.75, 3.05) is 6.61 Å². The molecule has 0 saturated heterocycles. The highest BCUT2D eigenvalue weighted by Gasteiger charge is 2.33. The van der Waals surface area contributed by atoms with E-state index in [-0.39, 0.29) is 11.7 Å². The van der Waals surface area contributed by atoms with Crippen LogP contribution in [0.2, 0.25) is 0 Å². The van der Waals surface area contributed by atoms with E-state index in [2.05, 4.69) is 33.8 Å². The first-order valence-corrected chi connectivity index (χ1v) is 10.3. The van der Waals surface area contributed by atoms with Crippen LogP contribution in [-0.4, -0.2) is 22.3 Å². The number of hydrogen-bond acceptors (Lipinski definition) is 4. The van der Waals surface area contributed by atoms with Crippen molar-refractivity contribution in [3.63, 3.8) is 0 Å². The molecule has 0 N–H and O–H groups in total. The number of rotatable bonds is 5. The summed E-state index contributed by atoms with van der Waals surface area (Å²) < 4.78 is 13.9. The molecule has 2 fully saturated rings. The van der Waals surface area contributed by atoms with Crippen molar-refractivity contribution in [2.24, 2.45) is 0 Å². The van der Waals surface area contributed by atoms with Gasteiger partial charge in [0.25, 0.3) is 11.6 Å². The highest BCUT2D eigenvalue weighted by atomic mass is 16.6. The maximum absolute atomic E-state index is 11.8. The Morgan fingerprint density at radius 2 is 1.81 bits per heavy atom. The van der Waals surface area contributed by atoms with Gasteiger partial charge >= 0.3 is 0 Å². The molecule has 1 aromatic carbocycles. The molecule has 0 amide bonds. The molecule has 0 bridgehead atoms. The van der Waals surface area contributed by atoms with Crippen LogP contribution in [0.3, 0.4) is 0 Å². The highest BCUT2D eigenvalue weighted by molar-refractivity contribution is 5.30. The second-order valence-corrected chi connectivity index (χ2v) is 8.14. The quantitative estimate of drug-likeness (QED) is 0.802. The van der Waals surface area contributed by atoms with Crippen LogP contribution in [0.5, 0.6) is 11.8 Å². The molecular weight excluding hydrogens is 340 g/mol. The van der Waals surface area contributed by atoms with Crippen molar-refractivity contribution in [1.29, 1.82) is 0 Å². The first-order chi connectivity index (χ1) is 13.3. The molecule has 5 heteroatoms. The Morgan fingerprint density at radius 3 is 2.56 bits per heavy atom. The zero-order valence-corrected chi connectivity index (χ0v) is 15.6. The van der Waals surface area contributed by atoms with E-state index in [9.17, 15) is 4.79 Å². The number of nitrogens with zero attached hydrogens (tertiary/aromatic N) is 2. The lowest BCUT2D eigenvalue weighted by Gasteiger charge is -2.22. The second kappa shape index (κ2) is 7.02. The monoisotopic (exact) mass is 366 g/mol. The molecule has 1 aromatic heterocycles. The molecule has 142 valence electrons. The van der Waals surface area contributed by atoms with Gasteiger partial charge in [-0.15, -0.1) is 0 Å². The van der Waals surface area contributed by atoms with Gasteiger partial charge < -0.3 is 9.47 Å². The average molecular weight is 366 g/mol. The first kappa shape index (κ1) is 16.8. The molecule has 1 atom stereocenters. The largest absolute Gasteiger partial charge is 0.490 e. The van der Waals surface area contributed by atoms with Gasteiger partial charge in [0, 0.05) is 11.8 Å². The van der Waals surface area contributed by atoms with Crippen molar-refractivity contribution in [1.82, 2.24) is 9.55 Å². The molecular formula is C22H26N2O3. The molecule has 0 radical (unpaired) electrons. The van der Waals surface area contributed by atoms with Crippen molar-refractivity contribution in [2.45, 2.75) is 69.4 Å². The summed E-state index contributed by atoms with van der Waals surface area (Å²) >= 11 is 0. The summed E-state index contributed by atoms with van der Waals surface area (Å²) in [6, 6.07) is 10.7. The third kappa shape index (κ3) is 3.60. The van der Waals surface area contributed by atoms with E-state index in [1.54, 1.807) is 6.07 Å². The average Bonchev–Trinajstić information content (AvgIpc) is 3.47. The Kier molecular flexibility index (Phi) is 4.38. The molecule has 0 spiro atoms. The number of aromatic nitrogens is 2. The summed E-state index contributed by atoms with van der Waals surface area (Å²) in [5.41, 5.74) is 2.30. The van der Waals surface area contributed by atoms with Crippen LogP contribution in [0.1, 0.15) is 68.0 Å². The predicted octanol–water partition coefficient (Wildman–Crippen LogP) is 4.01. The standard InChI is InChI=1S/C22H26N2O3/c25-21-12-20(17-6-7-17)24-13-19(27-22(24)23-21)14-26-18-10-8-16(9-11-18)15-4-2-1-3-5-15/h8-12,15,17,19H,1-7,13-14H2/t19-/m0/s1. The molecule has 5 rings (SSSR count). The summed E-state index contributed by atoms with van der Waals surface area (Å²) in [6.07, 6.45) is 8.89. The van der Waals surface area contributed by atoms with E-state index in [0.29, 0.717) is 31.0 Å². The van der Waals surface area contributed by atoms with Crippen molar-refractivity contribution in [3.05, 3.63) is 51.9 Å². The van der Waals surface area contributed by atoms with Crippen LogP contribution in [0.25, 0.3) is 0 Å². The molecule has 3 aliphatic rings. The maximum atomic E-state index is 11.8. The minimum Gasteiger partial charge on any atom is -0.490 e. The van der Waals surface area contributed by atoms with Crippen LogP contribution >= 0.6 is 0 Å². The van der Waals surface area contributed by atoms with Gasteiger partial charge in [-0.2, -0.15) is 4.98 Å².